The summed E-state index contributed by atoms with van der Waals surface area (Å²) < 4.78 is 38.1. The lowest BCUT2D eigenvalue weighted by Crippen LogP contribution is -2.12. The largest absolute Gasteiger partial charge is 0.419 e. The normalized spacial score (nSPS) is 11.5. The van der Waals surface area contributed by atoms with Crippen LogP contribution in [0.3, 0.4) is 0 Å². The summed E-state index contributed by atoms with van der Waals surface area (Å²) in [5.41, 5.74) is 4.75. The second-order valence-electron chi connectivity index (χ2n) is 3.30. The van der Waals surface area contributed by atoms with Gasteiger partial charge in [-0.25, -0.2) is 14.6 Å². The quantitative estimate of drug-likeness (QED) is 0.836. The van der Waals surface area contributed by atoms with Gasteiger partial charge in [-0.1, -0.05) is 12.2 Å². The van der Waals surface area contributed by atoms with E-state index in [0.29, 0.717) is 6.20 Å². The molecule has 0 saturated heterocycles. The zero-order valence-corrected chi connectivity index (χ0v) is 9.53. The van der Waals surface area contributed by atoms with Gasteiger partial charge in [0.2, 0.25) is 0 Å². The maximum atomic E-state index is 12.4. The van der Waals surface area contributed by atoms with Crippen LogP contribution in [0, 0.1) is 0 Å². The standard InChI is InChI=1S/C9H6F3N5S/c10-9(11,12)5-1-16-17(4-5)7-3-14-6(2-15-7)8(13)18/h1-4H,(H2,13,18). The summed E-state index contributed by atoms with van der Waals surface area (Å²) in [7, 11) is 0. The Morgan fingerprint density at radius 1 is 1.22 bits per heavy atom. The highest BCUT2D eigenvalue weighted by atomic mass is 32.1. The minimum atomic E-state index is -4.44. The van der Waals surface area contributed by atoms with Crippen LogP contribution in [0.4, 0.5) is 13.2 Å². The van der Waals surface area contributed by atoms with Crippen LogP contribution in [-0.4, -0.2) is 24.7 Å². The van der Waals surface area contributed by atoms with Crippen LogP contribution < -0.4 is 5.73 Å². The first-order valence-corrected chi connectivity index (χ1v) is 5.03. The van der Waals surface area contributed by atoms with Crippen molar-refractivity contribution < 1.29 is 13.2 Å². The molecule has 0 radical (unpaired) electrons. The maximum absolute atomic E-state index is 12.4. The molecule has 0 bridgehead atoms. The number of aromatic nitrogens is 4. The fourth-order valence-corrected chi connectivity index (χ4v) is 1.27. The van der Waals surface area contributed by atoms with Gasteiger partial charge in [-0.15, -0.1) is 0 Å². The van der Waals surface area contributed by atoms with Crippen molar-refractivity contribution in [1.29, 1.82) is 0 Å². The van der Waals surface area contributed by atoms with Crippen molar-refractivity contribution >= 4 is 17.2 Å². The van der Waals surface area contributed by atoms with Crippen molar-refractivity contribution in [2.24, 2.45) is 5.73 Å². The molecule has 5 nitrogen and oxygen atoms in total. The first-order valence-electron chi connectivity index (χ1n) is 4.62. The van der Waals surface area contributed by atoms with Gasteiger partial charge in [-0.05, 0) is 0 Å². The molecular formula is C9H6F3N5S. The predicted molar refractivity (Wildman–Crippen MR) is 60.0 cm³/mol. The number of alkyl halides is 3. The number of thiocarbonyl (C=S) groups is 1. The molecule has 0 amide bonds. The van der Waals surface area contributed by atoms with Gasteiger partial charge in [-0.2, -0.15) is 18.3 Å². The van der Waals surface area contributed by atoms with E-state index in [4.69, 9.17) is 5.73 Å². The predicted octanol–water partition coefficient (Wildman–Crippen LogP) is 1.32. The molecule has 94 valence electrons. The summed E-state index contributed by atoms with van der Waals surface area (Å²) in [5, 5.41) is 3.56. The zero-order valence-electron chi connectivity index (χ0n) is 8.72. The number of halogens is 3. The molecule has 2 heterocycles. The van der Waals surface area contributed by atoms with Crippen molar-refractivity contribution in [2.45, 2.75) is 6.18 Å². The Hall–Kier alpha value is -2.03. The molecule has 0 saturated carbocycles. The van der Waals surface area contributed by atoms with Gasteiger partial charge in [0.1, 0.15) is 10.7 Å². The van der Waals surface area contributed by atoms with Gasteiger partial charge in [0.15, 0.2) is 5.82 Å². The van der Waals surface area contributed by atoms with E-state index >= 15 is 0 Å². The molecule has 0 aromatic carbocycles. The summed E-state index contributed by atoms with van der Waals surface area (Å²) in [4.78, 5) is 7.78. The Bertz CT molecular complexity index is 575. The second-order valence-corrected chi connectivity index (χ2v) is 3.74. The third kappa shape index (κ3) is 2.45. The fraction of sp³-hybridized carbons (Fsp3) is 0.111. The van der Waals surface area contributed by atoms with Gasteiger partial charge in [0.25, 0.3) is 0 Å². The molecule has 9 heteroatoms. The first-order chi connectivity index (χ1) is 8.38. The number of hydrogen-bond donors (Lipinski definition) is 1. The third-order valence-corrected chi connectivity index (χ3v) is 2.24. The molecule has 2 aromatic rings. The molecular weight excluding hydrogens is 267 g/mol. The highest BCUT2D eigenvalue weighted by Crippen LogP contribution is 2.28. The number of nitrogens with zero attached hydrogens (tertiary/aromatic N) is 4. The van der Waals surface area contributed by atoms with Crippen molar-refractivity contribution in [2.75, 3.05) is 0 Å². The average molecular weight is 273 g/mol. The summed E-state index contributed by atoms with van der Waals surface area (Å²) >= 11 is 4.68. The van der Waals surface area contributed by atoms with Crippen molar-refractivity contribution in [1.82, 2.24) is 19.7 Å². The minimum absolute atomic E-state index is 0.0606. The lowest BCUT2D eigenvalue weighted by molar-refractivity contribution is -0.137. The van der Waals surface area contributed by atoms with Crippen LogP contribution in [0.25, 0.3) is 5.82 Å². The fourth-order valence-electron chi connectivity index (χ4n) is 1.16. The van der Waals surface area contributed by atoms with E-state index in [-0.39, 0.29) is 16.5 Å². The molecule has 0 atom stereocenters. The van der Waals surface area contributed by atoms with E-state index in [2.05, 4.69) is 27.3 Å². The lowest BCUT2D eigenvalue weighted by Gasteiger charge is -2.02. The highest BCUT2D eigenvalue weighted by molar-refractivity contribution is 7.80. The Kier molecular flexibility index (Phi) is 2.99. The van der Waals surface area contributed by atoms with E-state index in [9.17, 15) is 13.2 Å². The molecule has 0 fully saturated rings. The topological polar surface area (TPSA) is 69.6 Å². The monoisotopic (exact) mass is 273 g/mol. The lowest BCUT2D eigenvalue weighted by atomic mass is 10.4. The van der Waals surface area contributed by atoms with E-state index in [0.717, 1.165) is 10.9 Å². The van der Waals surface area contributed by atoms with Crippen LogP contribution in [-0.2, 0) is 6.18 Å². The summed E-state index contributed by atoms with van der Waals surface area (Å²) in [5.74, 6) is 0.144. The zero-order chi connectivity index (χ0) is 13.3. The summed E-state index contributed by atoms with van der Waals surface area (Å²) in [6, 6.07) is 0. The smallest absolute Gasteiger partial charge is 0.388 e. The molecule has 0 unspecified atom stereocenters. The Balaban J connectivity index is 2.32. The van der Waals surface area contributed by atoms with E-state index in [1.54, 1.807) is 0 Å². The van der Waals surface area contributed by atoms with Crippen molar-refractivity contribution in [3.05, 3.63) is 36.0 Å². The van der Waals surface area contributed by atoms with Gasteiger partial charge in [-0.3, -0.25) is 0 Å². The molecule has 2 aromatic heterocycles. The molecule has 0 spiro atoms. The molecule has 18 heavy (non-hydrogen) atoms. The molecule has 0 aliphatic heterocycles. The highest BCUT2D eigenvalue weighted by Gasteiger charge is 2.32. The van der Waals surface area contributed by atoms with Gasteiger partial charge >= 0.3 is 6.18 Å². The molecule has 2 rings (SSSR count). The maximum Gasteiger partial charge on any atom is 0.419 e. The first kappa shape index (κ1) is 12.4. The van der Waals surface area contributed by atoms with Crippen molar-refractivity contribution in [3.63, 3.8) is 0 Å². The van der Waals surface area contributed by atoms with Gasteiger partial charge in [0, 0.05) is 6.20 Å². The van der Waals surface area contributed by atoms with E-state index < -0.39 is 11.7 Å². The molecule has 0 aliphatic rings. The molecule has 2 N–H and O–H groups in total. The Morgan fingerprint density at radius 2 is 1.94 bits per heavy atom. The second kappa shape index (κ2) is 4.33. The minimum Gasteiger partial charge on any atom is -0.388 e. The Morgan fingerprint density at radius 3 is 2.39 bits per heavy atom. The Labute approximate surface area is 104 Å². The van der Waals surface area contributed by atoms with Gasteiger partial charge < -0.3 is 5.73 Å². The molecule has 0 aliphatic carbocycles. The number of hydrogen-bond acceptors (Lipinski definition) is 4. The van der Waals surface area contributed by atoms with Crippen LogP contribution in [0.1, 0.15) is 11.3 Å². The average Bonchev–Trinajstić information content (AvgIpc) is 2.78. The summed E-state index contributed by atoms with van der Waals surface area (Å²) in [6.07, 6.45) is -0.397. The number of rotatable bonds is 2. The van der Waals surface area contributed by atoms with E-state index in [1.165, 1.54) is 12.4 Å². The third-order valence-electron chi connectivity index (χ3n) is 2.04. The van der Waals surface area contributed by atoms with E-state index in [1.807, 2.05) is 0 Å². The van der Waals surface area contributed by atoms with Crippen LogP contribution in [0.2, 0.25) is 0 Å². The van der Waals surface area contributed by atoms with Crippen LogP contribution in [0.15, 0.2) is 24.8 Å². The van der Waals surface area contributed by atoms with Crippen LogP contribution in [0.5, 0.6) is 0 Å². The number of nitrogens with two attached hydrogens (primary N) is 1. The van der Waals surface area contributed by atoms with Crippen molar-refractivity contribution in [3.8, 4) is 5.82 Å². The van der Waals surface area contributed by atoms with Crippen LogP contribution >= 0.6 is 12.2 Å². The van der Waals surface area contributed by atoms with Gasteiger partial charge in [0.05, 0.1) is 24.2 Å². The SMILES string of the molecule is NC(=S)c1cnc(-n2cc(C(F)(F)F)cn2)cn1. The summed E-state index contributed by atoms with van der Waals surface area (Å²) in [6.45, 7) is 0.